The number of carbonyl (C=O) groups excluding carboxylic acids is 2. The van der Waals surface area contributed by atoms with Crippen LogP contribution in [0, 0.1) is 0 Å². The molecular weight excluding hydrogens is 400 g/mol. The first-order valence-corrected chi connectivity index (χ1v) is 10.9. The van der Waals surface area contributed by atoms with Gasteiger partial charge in [-0.3, -0.25) is 14.5 Å². The predicted molar refractivity (Wildman–Crippen MR) is 120 cm³/mol. The SMILES string of the molecule is O=C(CN1C(=O)CCc2ccccc21)NCCN1CCN(c2cccc(Cl)c2)CC1. The third kappa shape index (κ3) is 4.94. The van der Waals surface area contributed by atoms with Crippen LogP contribution in [0.15, 0.2) is 48.5 Å². The van der Waals surface area contributed by atoms with Crippen molar-refractivity contribution in [3.63, 3.8) is 0 Å². The Morgan fingerprint density at radius 1 is 1.00 bits per heavy atom. The van der Waals surface area contributed by atoms with Crippen LogP contribution in [0.1, 0.15) is 12.0 Å². The van der Waals surface area contributed by atoms with Crippen LogP contribution >= 0.6 is 11.6 Å². The van der Waals surface area contributed by atoms with Gasteiger partial charge in [-0.15, -0.1) is 0 Å². The zero-order chi connectivity index (χ0) is 20.9. The Balaban J connectivity index is 1.21. The van der Waals surface area contributed by atoms with Gasteiger partial charge in [0, 0.05) is 62.1 Å². The standard InChI is InChI=1S/C23H27ClN4O2/c24-19-5-3-6-20(16-19)27-14-12-26(13-15-27)11-10-25-22(29)17-28-21-7-2-1-4-18(21)8-9-23(28)30/h1-7,16H,8-15,17H2,(H,25,29). The van der Waals surface area contributed by atoms with Gasteiger partial charge >= 0.3 is 0 Å². The molecule has 1 N–H and O–H groups in total. The lowest BCUT2D eigenvalue weighted by molar-refractivity contribution is -0.124. The zero-order valence-electron chi connectivity index (χ0n) is 17.0. The zero-order valence-corrected chi connectivity index (χ0v) is 17.8. The van der Waals surface area contributed by atoms with Crippen molar-refractivity contribution in [2.24, 2.45) is 0 Å². The lowest BCUT2D eigenvalue weighted by Crippen LogP contribution is -2.49. The number of anilines is 2. The first-order chi connectivity index (χ1) is 14.6. The molecule has 0 aromatic heterocycles. The fourth-order valence-electron chi connectivity index (χ4n) is 4.13. The highest BCUT2D eigenvalue weighted by Crippen LogP contribution is 2.27. The summed E-state index contributed by atoms with van der Waals surface area (Å²) in [7, 11) is 0. The second kappa shape index (κ2) is 9.49. The van der Waals surface area contributed by atoms with Crippen molar-refractivity contribution in [2.45, 2.75) is 12.8 Å². The third-order valence-electron chi connectivity index (χ3n) is 5.79. The molecule has 2 aliphatic rings. The van der Waals surface area contributed by atoms with Crippen molar-refractivity contribution in [1.29, 1.82) is 0 Å². The molecule has 30 heavy (non-hydrogen) atoms. The Bertz CT molecular complexity index is 912. The number of benzene rings is 2. The minimum Gasteiger partial charge on any atom is -0.369 e. The van der Waals surface area contributed by atoms with Crippen LogP contribution in [0.3, 0.4) is 0 Å². The Hall–Kier alpha value is -2.57. The molecule has 2 aromatic carbocycles. The summed E-state index contributed by atoms with van der Waals surface area (Å²) in [5.41, 5.74) is 3.14. The quantitative estimate of drug-likeness (QED) is 0.771. The highest BCUT2D eigenvalue weighted by molar-refractivity contribution is 6.30. The maximum atomic E-state index is 12.4. The number of fused-ring (bicyclic) bond motifs is 1. The van der Waals surface area contributed by atoms with Gasteiger partial charge in [-0.2, -0.15) is 0 Å². The maximum Gasteiger partial charge on any atom is 0.240 e. The number of amides is 2. The molecule has 4 rings (SSSR count). The number of piperazine rings is 1. The van der Waals surface area contributed by atoms with Crippen molar-refractivity contribution >= 4 is 34.8 Å². The molecule has 0 bridgehead atoms. The summed E-state index contributed by atoms with van der Waals surface area (Å²) in [4.78, 5) is 31.0. The summed E-state index contributed by atoms with van der Waals surface area (Å²) in [6.07, 6.45) is 1.20. The van der Waals surface area contributed by atoms with Gasteiger partial charge < -0.3 is 15.1 Å². The summed E-state index contributed by atoms with van der Waals surface area (Å²) in [6, 6.07) is 15.8. The maximum absolute atomic E-state index is 12.4. The van der Waals surface area contributed by atoms with Gasteiger partial charge in [-0.1, -0.05) is 35.9 Å². The topological polar surface area (TPSA) is 55.9 Å². The third-order valence-corrected chi connectivity index (χ3v) is 6.02. The molecule has 1 fully saturated rings. The predicted octanol–water partition coefficient (Wildman–Crippen LogP) is 2.56. The number of nitrogens with one attached hydrogen (secondary N) is 1. The van der Waals surface area contributed by atoms with E-state index in [1.165, 1.54) is 0 Å². The largest absolute Gasteiger partial charge is 0.369 e. The monoisotopic (exact) mass is 426 g/mol. The average Bonchev–Trinajstić information content (AvgIpc) is 2.76. The lowest BCUT2D eigenvalue weighted by atomic mass is 10.0. The van der Waals surface area contributed by atoms with Crippen molar-refractivity contribution in [3.05, 3.63) is 59.1 Å². The molecule has 2 amide bonds. The number of hydrogen-bond donors (Lipinski definition) is 1. The molecule has 2 aromatic rings. The highest BCUT2D eigenvalue weighted by atomic mass is 35.5. The lowest BCUT2D eigenvalue weighted by Gasteiger charge is -2.36. The molecular formula is C23H27ClN4O2. The molecule has 2 aliphatic heterocycles. The van der Waals surface area contributed by atoms with Gasteiger partial charge in [0.1, 0.15) is 6.54 Å². The van der Waals surface area contributed by atoms with Crippen LogP contribution in [0.5, 0.6) is 0 Å². The van der Waals surface area contributed by atoms with Crippen LogP contribution in [-0.2, 0) is 16.0 Å². The van der Waals surface area contributed by atoms with Gasteiger partial charge in [-0.25, -0.2) is 0 Å². The van der Waals surface area contributed by atoms with Crippen LogP contribution in [0.25, 0.3) is 0 Å². The van der Waals surface area contributed by atoms with E-state index in [0.29, 0.717) is 13.0 Å². The van der Waals surface area contributed by atoms with E-state index >= 15 is 0 Å². The number of halogens is 1. The van der Waals surface area contributed by atoms with Gasteiger partial charge in [0.05, 0.1) is 0 Å². The molecule has 2 heterocycles. The van der Waals surface area contributed by atoms with Crippen LogP contribution < -0.4 is 15.1 Å². The molecule has 0 spiro atoms. The van der Waals surface area contributed by atoms with Crippen molar-refractivity contribution < 1.29 is 9.59 Å². The molecule has 0 saturated carbocycles. The van der Waals surface area contributed by atoms with E-state index in [9.17, 15) is 9.59 Å². The Kier molecular flexibility index (Phi) is 6.55. The summed E-state index contributed by atoms with van der Waals surface area (Å²) >= 11 is 6.10. The van der Waals surface area contributed by atoms with Gasteiger partial charge in [-0.05, 0) is 36.2 Å². The van der Waals surface area contributed by atoms with Crippen LogP contribution in [0.2, 0.25) is 5.02 Å². The molecule has 6 nitrogen and oxygen atoms in total. The molecule has 0 unspecified atom stereocenters. The van der Waals surface area contributed by atoms with Crippen LogP contribution in [0.4, 0.5) is 11.4 Å². The fourth-order valence-corrected chi connectivity index (χ4v) is 4.31. The van der Waals surface area contributed by atoms with E-state index in [2.05, 4.69) is 21.2 Å². The van der Waals surface area contributed by atoms with E-state index in [1.54, 1.807) is 4.90 Å². The van der Waals surface area contributed by atoms with E-state index in [-0.39, 0.29) is 18.4 Å². The normalized spacial score (nSPS) is 17.0. The Morgan fingerprint density at radius 3 is 2.60 bits per heavy atom. The summed E-state index contributed by atoms with van der Waals surface area (Å²) < 4.78 is 0. The first-order valence-electron chi connectivity index (χ1n) is 10.5. The van der Waals surface area contributed by atoms with Gasteiger partial charge in [0.2, 0.25) is 11.8 Å². The number of hydrogen-bond acceptors (Lipinski definition) is 4. The highest BCUT2D eigenvalue weighted by Gasteiger charge is 2.25. The number of carbonyl (C=O) groups is 2. The van der Waals surface area contributed by atoms with Gasteiger partial charge in [0.25, 0.3) is 0 Å². The van der Waals surface area contributed by atoms with Crippen molar-refractivity contribution in [2.75, 3.05) is 55.6 Å². The van der Waals surface area contributed by atoms with Crippen molar-refractivity contribution in [3.8, 4) is 0 Å². The smallest absolute Gasteiger partial charge is 0.240 e. The molecule has 0 aliphatic carbocycles. The van der Waals surface area contributed by atoms with E-state index < -0.39 is 0 Å². The van der Waals surface area contributed by atoms with Crippen LogP contribution in [-0.4, -0.2) is 62.5 Å². The Morgan fingerprint density at radius 2 is 1.80 bits per heavy atom. The van der Waals surface area contributed by atoms with E-state index in [1.807, 2.05) is 42.5 Å². The fraction of sp³-hybridized carbons (Fsp3) is 0.391. The molecule has 0 atom stereocenters. The number of rotatable bonds is 6. The van der Waals surface area contributed by atoms with E-state index in [4.69, 9.17) is 11.6 Å². The first kappa shape index (κ1) is 20.7. The summed E-state index contributed by atoms with van der Waals surface area (Å²) in [5.74, 6) is -0.0985. The number of aryl methyl sites for hydroxylation is 1. The second-order valence-electron chi connectivity index (χ2n) is 7.77. The van der Waals surface area contributed by atoms with Gasteiger partial charge in [0.15, 0.2) is 0 Å². The summed E-state index contributed by atoms with van der Waals surface area (Å²) in [6.45, 7) is 5.24. The number of para-hydroxylation sites is 1. The minimum atomic E-state index is -0.113. The van der Waals surface area contributed by atoms with E-state index in [0.717, 1.165) is 61.1 Å². The minimum absolute atomic E-state index is 0.0148. The Labute approximate surface area is 182 Å². The molecule has 0 radical (unpaired) electrons. The second-order valence-corrected chi connectivity index (χ2v) is 8.20. The molecule has 1 saturated heterocycles. The van der Waals surface area contributed by atoms with Crippen molar-refractivity contribution in [1.82, 2.24) is 10.2 Å². The average molecular weight is 427 g/mol. The number of nitrogens with zero attached hydrogens (tertiary/aromatic N) is 3. The summed E-state index contributed by atoms with van der Waals surface area (Å²) in [5, 5.41) is 3.73. The molecule has 158 valence electrons. The molecule has 7 heteroatoms.